The molecule has 0 aliphatic heterocycles. The molecule has 0 atom stereocenters. The lowest BCUT2D eigenvalue weighted by Gasteiger charge is -1.94. The number of nitrogens with zero attached hydrogens (tertiary/aromatic N) is 3. The molecule has 0 amide bonds. The van der Waals surface area contributed by atoms with Crippen LogP contribution in [0.25, 0.3) is 0 Å². The predicted molar refractivity (Wildman–Crippen MR) is 75.3 cm³/mol. The number of hydrogen-bond donors (Lipinski definition) is 1. The molecule has 0 unspecified atom stereocenters. The normalized spacial score (nSPS) is 11.7. The molecule has 0 radical (unpaired) electrons. The van der Waals surface area contributed by atoms with Gasteiger partial charge in [0.05, 0.1) is 10.4 Å². The van der Waals surface area contributed by atoms with Crippen molar-refractivity contribution in [1.82, 2.24) is 9.97 Å². The lowest BCUT2D eigenvalue weighted by Crippen LogP contribution is -2.03. The fraction of sp³-hybridized carbons (Fsp3) is 0.100. The molecule has 0 spiro atoms. The van der Waals surface area contributed by atoms with Crippen LogP contribution in [0.15, 0.2) is 44.8 Å². The molecule has 0 fully saturated rings. The second kappa shape index (κ2) is 6.04. The minimum atomic E-state index is 0.522. The molecular weight excluding hydrogens is 272 g/mol. The summed E-state index contributed by atoms with van der Waals surface area (Å²) in [5, 5.41) is 2.15. The third kappa shape index (κ3) is 3.72. The van der Waals surface area contributed by atoms with E-state index in [1.165, 1.54) is 23.1 Å². The fourth-order valence-electron chi connectivity index (χ4n) is 1.000. The molecule has 2 rings (SSSR count). The number of aliphatic imine (C=N–C) groups is 1. The molecule has 0 aliphatic carbocycles. The van der Waals surface area contributed by atoms with Crippen molar-refractivity contribution in [1.29, 1.82) is 0 Å². The number of aromatic nitrogens is 2. The lowest BCUT2D eigenvalue weighted by molar-refractivity contribution is 1.13. The molecule has 0 bridgehead atoms. The van der Waals surface area contributed by atoms with Crippen LogP contribution >= 0.6 is 34.9 Å². The number of thioether (sulfide) groups is 1. The summed E-state index contributed by atoms with van der Waals surface area (Å²) in [5.74, 6) is 0. The van der Waals surface area contributed by atoms with Crippen molar-refractivity contribution in [3.05, 3.63) is 30.6 Å². The van der Waals surface area contributed by atoms with E-state index in [9.17, 15) is 0 Å². The van der Waals surface area contributed by atoms with E-state index in [0.717, 1.165) is 9.24 Å². The van der Waals surface area contributed by atoms with Crippen LogP contribution in [-0.4, -0.2) is 21.4 Å². The van der Waals surface area contributed by atoms with Crippen LogP contribution in [0.2, 0.25) is 0 Å². The Balaban J connectivity index is 2.09. The average molecular weight is 282 g/mol. The number of hydrogen-bond acceptors (Lipinski definition) is 6. The molecule has 0 aromatic carbocycles. The third-order valence-corrected chi connectivity index (χ3v) is 4.18. The standard InChI is InChI=1S/C10H10N4S3/c1-15-9(11)14-10-13-6-8(17-10)16-7-4-2-3-5-12-7/h2-6H,1H3,(H2,11,13,14). The van der Waals surface area contributed by atoms with E-state index in [1.54, 1.807) is 24.2 Å². The van der Waals surface area contributed by atoms with Crippen molar-refractivity contribution in [2.24, 2.45) is 10.7 Å². The van der Waals surface area contributed by atoms with Crippen molar-refractivity contribution in [3.8, 4) is 0 Å². The molecule has 0 saturated carbocycles. The molecule has 0 saturated heterocycles. The Kier molecular flexibility index (Phi) is 4.41. The number of rotatable bonds is 3. The first kappa shape index (κ1) is 12.4. The molecule has 17 heavy (non-hydrogen) atoms. The van der Waals surface area contributed by atoms with E-state index >= 15 is 0 Å². The first-order chi connectivity index (χ1) is 8.28. The topological polar surface area (TPSA) is 64.2 Å². The van der Waals surface area contributed by atoms with Gasteiger partial charge < -0.3 is 5.73 Å². The Hall–Kier alpha value is -1.05. The largest absolute Gasteiger partial charge is 0.378 e. The van der Waals surface area contributed by atoms with Gasteiger partial charge >= 0.3 is 0 Å². The summed E-state index contributed by atoms with van der Waals surface area (Å²) in [6.07, 6.45) is 5.45. The van der Waals surface area contributed by atoms with Crippen molar-refractivity contribution >= 4 is 45.2 Å². The van der Waals surface area contributed by atoms with Gasteiger partial charge in [-0.1, -0.05) is 40.9 Å². The van der Waals surface area contributed by atoms with Gasteiger partial charge in [0.2, 0.25) is 5.13 Å². The Labute approximate surface area is 112 Å². The van der Waals surface area contributed by atoms with Gasteiger partial charge in [-0.25, -0.2) is 9.97 Å². The SMILES string of the molecule is CSC(N)=Nc1ncc(Sc2ccccn2)s1. The highest BCUT2D eigenvalue weighted by molar-refractivity contribution is 8.13. The van der Waals surface area contributed by atoms with E-state index in [2.05, 4.69) is 15.0 Å². The van der Waals surface area contributed by atoms with Gasteiger partial charge in [-0.05, 0) is 18.4 Å². The van der Waals surface area contributed by atoms with Gasteiger partial charge in [-0.2, -0.15) is 4.99 Å². The lowest BCUT2D eigenvalue weighted by atomic mass is 10.5. The van der Waals surface area contributed by atoms with E-state index < -0.39 is 0 Å². The second-order valence-electron chi connectivity index (χ2n) is 2.89. The summed E-state index contributed by atoms with van der Waals surface area (Å²) in [7, 11) is 0. The van der Waals surface area contributed by atoms with Crippen LogP contribution in [0.3, 0.4) is 0 Å². The molecule has 4 nitrogen and oxygen atoms in total. The van der Waals surface area contributed by atoms with Gasteiger partial charge in [-0.15, -0.1) is 0 Å². The minimum absolute atomic E-state index is 0.522. The van der Waals surface area contributed by atoms with Crippen LogP contribution in [0, 0.1) is 0 Å². The first-order valence-corrected chi connectivity index (χ1v) is 7.56. The maximum absolute atomic E-state index is 5.63. The zero-order valence-corrected chi connectivity index (χ0v) is 11.5. The molecule has 2 N–H and O–H groups in total. The summed E-state index contributed by atoms with van der Waals surface area (Å²) >= 11 is 4.48. The third-order valence-electron chi connectivity index (χ3n) is 1.73. The zero-order valence-electron chi connectivity index (χ0n) is 9.03. The Morgan fingerprint density at radius 1 is 1.41 bits per heavy atom. The number of amidine groups is 1. The first-order valence-electron chi connectivity index (χ1n) is 4.71. The van der Waals surface area contributed by atoms with E-state index in [1.807, 2.05) is 24.5 Å². The van der Waals surface area contributed by atoms with Gasteiger partial charge in [0.1, 0.15) is 5.03 Å². The molecule has 88 valence electrons. The molecule has 2 aromatic heterocycles. The highest BCUT2D eigenvalue weighted by Gasteiger charge is 2.04. The van der Waals surface area contributed by atoms with E-state index in [-0.39, 0.29) is 0 Å². The number of thiazole rings is 1. The van der Waals surface area contributed by atoms with Crippen LogP contribution in [0.1, 0.15) is 0 Å². The van der Waals surface area contributed by atoms with Crippen molar-refractivity contribution in [3.63, 3.8) is 0 Å². The van der Waals surface area contributed by atoms with Gasteiger partial charge in [0.15, 0.2) is 5.17 Å². The van der Waals surface area contributed by atoms with Crippen molar-refractivity contribution in [2.45, 2.75) is 9.24 Å². The Morgan fingerprint density at radius 3 is 3.00 bits per heavy atom. The minimum Gasteiger partial charge on any atom is -0.378 e. The predicted octanol–water partition coefficient (Wildman–Crippen LogP) is 3.00. The number of nitrogens with two attached hydrogens (primary N) is 1. The Morgan fingerprint density at radius 2 is 2.29 bits per heavy atom. The Bertz CT molecular complexity index is 509. The summed E-state index contributed by atoms with van der Waals surface area (Å²) in [4.78, 5) is 12.6. The highest BCUT2D eigenvalue weighted by Crippen LogP contribution is 2.33. The van der Waals surface area contributed by atoms with Crippen molar-refractivity contribution in [2.75, 3.05) is 6.26 Å². The average Bonchev–Trinajstić information content (AvgIpc) is 2.77. The highest BCUT2D eigenvalue weighted by atomic mass is 32.2. The molecular formula is C10H10N4S3. The summed E-state index contributed by atoms with van der Waals surface area (Å²) in [6.45, 7) is 0. The summed E-state index contributed by atoms with van der Waals surface area (Å²) in [5.41, 5.74) is 5.63. The van der Waals surface area contributed by atoms with Crippen LogP contribution < -0.4 is 5.73 Å². The fourth-order valence-corrected chi connectivity index (χ4v) is 2.99. The smallest absolute Gasteiger partial charge is 0.212 e. The summed E-state index contributed by atoms with van der Waals surface area (Å²) in [6, 6.07) is 5.82. The van der Waals surface area contributed by atoms with Gasteiger partial charge in [-0.3, -0.25) is 0 Å². The monoisotopic (exact) mass is 282 g/mol. The maximum atomic E-state index is 5.63. The van der Waals surface area contributed by atoms with Crippen molar-refractivity contribution < 1.29 is 0 Å². The van der Waals surface area contributed by atoms with Crippen LogP contribution in [-0.2, 0) is 0 Å². The van der Waals surface area contributed by atoms with E-state index in [4.69, 9.17) is 5.73 Å². The van der Waals surface area contributed by atoms with E-state index in [0.29, 0.717) is 10.3 Å². The molecule has 7 heteroatoms. The van der Waals surface area contributed by atoms with Crippen LogP contribution in [0.5, 0.6) is 0 Å². The quantitative estimate of drug-likeness (QED) is 0.692. The van der Waals surface area contributed by atoms with Gasteiger partial charge in [0.25, 0.3) is 0 Å². The zero-order chi connectivity index (χ0) is 12.1. The molecule has 0 aliphatic rings. The second-order valence-corrected chi connectivity index (χ2v) is 6.04. The summed E-state index contributed by atoms with van der Waals surface area (Å²) < 4.78 is 1.05. The van der Waals surface area contributed by atoms with Crippen LogP contribution in [0.4, 0.5) is 5.13 Å². The molecule has 2 heterocycles. The maximum Gasteiger partial charge on any atom is 0.212 e. The molecule has 2 aromatic rings. The number of pyridine rings is 1. The van der Waals surface area contributed by atoms with Gasteiger partial charge in [0, 0.05) is 6.20 Å².